The maximum absolute atomic E-state index is 13.1. The standard InChI is InChI=1S/C31H45NO8/c1-32-15-28(16-36-2)12-11-19(37-3)30-18-13-29(34)26(40-14-17-9-7-6-8-10-17)20(18)31(35,25(33)27(29)39-5)21(24(30)32)22(38-4)23(28)30/h6-10,18-27,33-35H,11-16H2,1-5H3/t18?,19-,20?,21?,22-,23?,24?,25-,26+,27-,28-,29+,30-,31+/m0/s1. The van der Waals surface area contributed by atoms with E-state index in [0.29, 0.717) is 19.6 Å². The number of aliphatic hydroxyl groups is 3. The zero-order valence-electron chi connectivity index (χ0n) is 24.2. The van der Waals surface area contributed by atoms with Crippen LogP contribution in [0.3, 0.4) is 0 Å². The zero-order valence-corrected chi connectivity index (χ0v) is 24.2. The first-order chi connectivity index (χ1) is 19.2. The van der Waals surface area contributed by atoms with Gasteiger partial charge in [0, 0.05) is 69.6 Å². The van der Waals surface area contributed by atoms with Gasteiger partial charge in [0.25, 0.3) is 0 Å². The van der Waals surface area contributed by atoms with Crippen molar-refractivity contribution in [3.63, 3.8) is 0 Å². The second-order valence-electron chi connectivity index (χ2n) is 13.7. The van der Waals surface area contributed by atoms with Gasteiger partial charge in [-0.1, -0.05) is 30.3 Å². The SMILES string of the molecule is COC[C@]12CC[C@H](OC)[C@]34C5C[C@@]6(O)[C@H](OCc7ccccc7)C5[C@@](O)(C(C3N(C)C1)[C@H](OC)C24)[C@@H](O)[C@@H]6OC. The molecular weight excluding hydrogens is 514 g/mol. The highest BCUT2D eigenvalue weighted by Gasteiger charge is 2.89. The lowest BCUT2D eigenvalue weighted by Crippen LogP contribution is -2.79. The number of rotatable bonds is 8. The molecule has 222 valence electrons. The molecule has 9 heteroatoms. The van der Waals surface area contributed by atoms with Crippen LogP contribution in [0.5, 0.6) is 0 Å². The van der Waals surface area contributed by atoms with Crippen LogP contribution >= 0.6 is 0 Å². The second-order valence-corrected chi connectivity index (χ2v) is 13.7. The number of nitrogens with zero attached hydrogens (tertiary/aromatic N) is 1. The van der Waals surface area contributed by atoms with Crippen molar-refractivity contribution < 1.29 is 39.0 Å². The smallest absolute Gasteiger partial charge is 0.120 e. The predicted molar refractivity (Wildman–Crippen MR) is 144 cm³/mol. The largest absolute Gasteiger partial charge is 0.387 e. The summed E-state index contributed by atoms with van der Waals surface area (Å²) >= 11 is 0. The lowest BCUT2D eigenvalue weighted by Gasteiger charge is -2.69. The summed E-state index contributed by atoms with van der Waals surface area (Å²) in [4.78, 5) is 2.38. The fraction of sp³-hybridized carbons (Fsp3) is 0.806. The molecule has 6 aliphatic rings. The topological polar surface area (TPSA) is 110 Å². The van der Waals surface area contributed by atoms with Crippen molar-refractivity contribution in [1.82, 2.24) is 4.90 Å². The highest BCUT2D eigenvalue weighted by atomic mass is 16.5. The molecule has 1 aliphatic heterocycles. The lowest BCUT2D eigenvalue weighted by molar-refractivity contribution is -0.320. The Morgan fingerprint density at radius 1 is 0.975 bits per heavy atom. The summed E-state index contributed by atoms with van der Waals surface area (Å²) in [7, 11) is 8.92. The maximum atomic E-state index is 13.1. The molecule has 1 aromatic rings. The molecule has 14 atom stereocenters. The fourth-order valence-corrected chi connectivity index (χ4v) is 11.9. The van der Waals surface area contributed by atoms with Gasteiger partial charge in [-0.25, -0.2) is 0 Å². The van der Waals surface area contributed by atoms with Crippen molar-refractivity contribution in [3.8, 4) is 0 Å². The summed E-state index contributed by atoms with van der Waals surface area (Å²) in [5.74, 6) is -1.11. The van der Waals surface area contributed by atoms with E-state index in [1.807, 2.05) is 30.3 Å². The van der Waals surface area contributed by atoms with Crippen molar-refractivity contribution in [2.24, 2.45) is 34.5 Å². The van der Waals surface area contributed by atoms with E-state index in [1.54, 1.807) is 21.3 Å². The number of aliphatic hydroxyl groups excluding tert-OH is 1. The summed E-state index contributed by atoms with van der Waals surface area (Å²) in [6.07, 6.45) is -1.32. The number of benzene rings is 1. The van der Waals surface area contributed by atoms with E-state index < -0.39 is 46.8 Å². The minimum atomic E-state index is -1.60. The number of hydrogen-bond donors (Lipinski definition) is 3. The molecule has 0 amide bonds. The van der Waals surface area contributed by atoms with E-state index in [2.05, 4.69) is 11.9 Å². The van der Waals surface area contributed by atoms with Gasteiger partial charge in [0.05, 0.1) is 31.5 Å². The van der Waals surface area contributed by atoms with Crippen LogP contribution in [0.25, 0.3) is 0 Å². The number of hydrogen-bond acceptors (Lipinski definition) is 9. The van der Waals surface area contributed by atoms with Gasteiger partial charge >= 0.3 is 0 Å². The molecule has 40 heavy (non-hydrogen) atoms. The van der Waals surface area contributed by atoms with E-state index in [4.69, 9.17) is 23.7 Å². The summed E-state index contributed by atoms with van der Waals surface area (Å²) < 4.78 is 31.2. The monoisotopic (exact) mass is 559 g/mol. The molecular formula is C31H45NO8. The molecule has 1 spiro atoms. The van der Waals surface area contributed by atoms with Crippen LogP contribution in [0.4, 0.5) is 0 Å². The fourth-order valence-electron chi connectivity index (χ4n) is 11.9. The molecule has 0 radical (unpaired) electrons. The van der Waals surface area contributed by atoms with Crippen LogP contribution in [-0.4, -0.2) is 117 Å². The maximum Gasteiger partial charge on any atom is 0.120 e. The molecule has 7 bridgehead atoms. The molecule has 7 rings (SSSR count). The highest BCUT2D eigenvalue weighted by Crippen LogP contribution is 2.80. The Balaban J connectivity index is 1.44. The average Bonchev–Trinajstić information content (AvgIpc) is 3.35. The predicted octanol–water partition coefficient (Wildman–Crippen LogP) is 1.08. The van der Waals surface area contributed by atoms with Crippen molar-refractivity contribution in [1.29, 1.82) is 0 Å². The lowest BCUT2D eigenvalue weighted by atomic mass is 9.43. The molecule has 1 aromatic carbocycles. The van der Waals surface area contributed by atoms with Crippen LogP contribution in [0.15, 0.2) is 30.3 Å². The molecule has 3 N–H and O–H groups in total. The van der Waals surface area contributed by atoms with Crippen LogP contribution in [-0.2, 0) is 30.3 Å². The summed E-state index contributed by atoms with van der Waals surface area (Å²) in [5, 5.41) is 37.6. The van der Waals surface area contributed by atoms with Crippen LogP contribution in [0, 0.1) is 34.5 Å². The third-order valence-electron chi connectivity index (χ3n) is 12.5. The van der Waals surface area contributed by atoms with Crippen molar-refractivity contribution in [3.05, 3.63) is 35.9 Å². The Kier molecular flexibility index (Phi) is 6.35. The summed E-state index contributed by atoms with van der Waals surface area (Å²) in [6.45, 7) is 1.69. The average molecular weight is 560 g/mol. The Morgan fingerprint density at radius 3 is 2.38 bits per heavy atom. The second kappa shape index (κ2) is 9.18. The minimum absolute atomic E-state index is 0.0276. The Bertz CT molecular complexity index is 1120. The van der Waals surface area contributed by atoms with Gasteiger partial charge in [-0.2, -0.15) is 0 Å². The van der Waals surface area contributed by atoms with Gasteiger partial charge in [0.15, 0.2) is 0 Å². The van der Waals surface area contributed by atoms with Gasteiger partial charge in [-0.3, -0.25) is 0 Å². The molecule has 1 saturated heterocycles. The summed E-state index contributed by atoms with van der Waals surface area (Å²) in [5.41, 5.74) is -2.71. The van der Waals surface area contributed by atoms with Crippen molar-refractivity contribution in [2.75, 3.05) is 48.6 Å². The van der Waals surface area contributed by atoms with E-state index in [9.17, 15) is 15.3 Å². The number of likely N-dealkylation sites (tertiary alicyclic amines) is 1. The first kappa shape index (κ1) is 27.7. The molecule has 6 fully saturated rings. The van der Waals surface area contributed by atoms with Gasteiger partial charge in [0.1, 0.15) is 23.4 Å². The van der Waals surface area contributed by atoms with E-state index in [0.717, 1.165) is 24.9 Å². The van der Waals surface area contributed by atoms with Gasteiger partial charge in [-0.15, -0.1) is 0 Å². The number of piperidine rings is 1. The molecule has 5 aliphatic carbocycles. The molecule has 5 saturated carbocycles. The zero-order chi connectivity index (χ0) is 28.2. The van der Waals surface area contributed by atoms with Crippen LogP contribution < -0.4 is 0 Å². The molecule has 0 aromatic heterocycles. The quantitative estimate of drug-likeness (QED) is 0.431. The number of fused-ring (bicyclic) bond motifs is 2. The van der Waals surface area contributed by atoms with Gasteiger partial charge in [-0.05, 0) is 37.8 Å². The first-order valence-electron chi connectivity index (χ1n) is 14.8. The normalized spacial score (nSPS) is 54.1. The third-order valence-corrected chi connectivity index (χ3v) is 12.5. The van der Waals surface area contributed by atoms with E-state index >= 15 is 0 Å². The Hall–Kier alpha value is -1.14. The van der Waals surface area contributed by atoms with E-state index in [1.165, 1.54) is 7.11 Å². The first-order valence-corrected chi connectivity index (χ1v) is 14.8. The molecule has 9 nitrogen and oxygen atoms in total. The third kappa shape index (κ3) is 2.99. The number of ether oxygens (including phenoxy) is 5. The van der Waals surface area contributed by atoms with E-state index in [-0.39, 0.29) is 35.5 Å². The molecule has 5 unspecified atom stereocenters. The minimum Gasteiger partial charge on any atom is -0.387 e. The number of methoxy groups -OCH3 is 4. The summed E-state index contributed by atoms with van der Waals surface area (Å²) in [6, 6.07) is 9.78. The highest BCUT2D eigenvalue weighted by molar-refractivity contribution is 5.39. The van der Waals surface area contributed by atoms with Crippen molar-refractivity contribution >= 4 is 0 Å². The van der Waals surface area contributed by atoms with Crippen molar-refractivity contribution in [2.45, 2.75) is 73.6 Å². The Morgan fingerprint density at radius 2 is 1.73 bits per heavy atom. The van der Waals surface area contributed by atoms with Gasteiger partial charge < -0.3 is 43.9 Å². The molecule has 1 heterocycles. The Labute approximate surface area is 236 Å². The van der Waals surface area contributed by atoms with Crippen LogP contribution in [0.1, 0.15) is 24.8 Å². The van der Waals surface area contributed by atoms with Gasteiger partial charge in [0.2, 0.25) is 0 Å². The van der Waals surface area contributed by atoms with Crippen LogP contribution in [0.2, 0.25) is 0 Å².